The average Bonchev–Trinajstić information content (AvgIpc) is 2.36. The molecule has 0 aliphatic heterocycles. The van der Waals surface area contributed by atoms with Crippen LogP contribution in [0.2, 0.25) is 0 Å². The van der Waals surface area contributed by atoms with E-state index in [-0.39, 0.29) is 0 Å². The summed E-state index contributed by atoms with van der Waals surface area (Å²) >= 11 is 3.51. The Balaban J connectivity index is 2.22. The van der Waals surface area contributed by atoms with E-state index in [2.05, 4.69) is 48.0 Å². The molecule has 0 fully saturated rings. The summed E-state index contributed by atoms with van der Waals surface area (Å²) in [5.41, 5.74) is 5.85. The van der Waals surface area contributed by atoms with E-state index in [9.17, 15) is 5.11 Å². The molecule has 1 nitrogen and oxygen atoms in total. The Morgan fingerprint density at radius 2 is 1.74 bits per heavy atom. The monoisotopic (exact) mass is 318 g/mol. The second-order valence-corrected chi connectivity index (χ2v) is 6.02. The highest BCUT2D eigenvalue weighted by atomic mass is 79.9. The molecule has 0 aromatic heterocycles. The maximum absolute atomic E-state index is 10.4. The number of benzene rings is 2. The predicted octanol–water partition coefficient (Wildman–Crippen LogP) is 4.65. The van der Waals surface area contributed by atoms with Gasteiger partial charge in [0.25, 0.3) is 0 Å². The highest BCUT2D eigenvalue weighted by molar-refractivity contribution is 9.10. The first-order valence-electron chi connectivity index (χ1n) is 6.47. The minimum atomic E-state index is -0.476. The van der Waals surface area contributed by atoms with Crippen molar-refractivity contribution >= 4 is 15.9 Å². The summed E-state index contributed by atoms with van der Waals surface area (Å²) in [6.07, 6.45) is 0.166. The van der Waals surface area contributed by atoms with Gasteiger partial charge in [-0.3, -0.25) is 0 Å². The molecular formula is C17H19BrO. The standard InChI is InChI=1S/C17H19BrO/c1-11-4-7-16(18)15(8-11)17(19)10-14-6-5-12(2)13(3)9-14/h4-9,17,19H,10H2,1-3H3. The summed E-state index contributed by atoms with van der Waals surface area (Å²) in [5, 5.41) is 10.4. The molecule has 0 amide bonds. The number of rotatable bonds is 3. The van der Waals surface area contributed by atoms with Crippen LogP contribution in [0.15, 0.2) is 40.9 Å². The third kappa shape index (κ3) is 3.46. The molecule has 1 unspecified atom stereocenters. The molecule has 1 atom stereocenters. The van der Waals surface area contributed by atoms with E-state index < -0.39 is 6.10 Å². The van der Waals surface area contributed by atoms with Crippen molar-refractivity contribution < 1.29 is 5.11 Å². The van der Waals surface area contributed by atoms with Crippen LogP contribution in [0, 0.1) is 20.8 Å². The van der Waals surface area contributed by atoms with E-state index >= 15 is 0 Å². The van der Waals surface area contributed by atoms with Crippen LogP contribution in [0.25, 0.3) is 0 Å². The number of hydrogen-bond acceptors (Lipinski definition) is 1. The zero-order valence-corrected chi connectivity index (χ0v) is 13.2. The van der Waals surface area contributed by atoms with Crippen molar-refractivity contribution in [3.63, 3.8) is 0 Å². The molecule has 0 spiro atoms. The van der Waals surface area contributed by atoms with Gasteiger partial charge in [-0.05, 0) is 49.1 Å². The van der Waals surface area contributed by atoms with Gasteiger partial charge in [-0.15, -0.1) is 0 Å². The summed E-state index contributed by atoms with van der Waals surface area (Å²) in [4.78, 5) is 0. The van der Waals surface area contributed by atoms with Gasteiger partial charge in [0.1, 0.15) is 0 Å². The van der Waals surface area contributed by atoms with Crippen LogP contribution in [0.1, 0.15) is 33.9 Å². The molecule has 0 saturated carbocycles. The molecule has 2 aromatic rings. The number of halogens is 1. The van der Waals surface area contributed by atoms with Crippen molar-refractivity contribution in [1.82, 2.24) is 0 Å². The maximum atomic E-state index is 10.4. The van der Waals surface area contributed by atoms with Crippen molar-refractivity contribution in [3.8, 4) is 0 Å². The second-order valence-electron chi connectivity index (χ2n) is 5.16. The maximum Gasteiger partial charge on any atom is 0.0841 e. The lowest BCUT2D eigenvalue weighted by molar-refractivity contribution is 0.177. The van der Waals surface area contributed by atoms with Gasteiger partial charge in [0.2, 0.25) is 0 Å². The van der Waals surface area contributed by atoms with Gasteiger partial charge in [0.05, 0.1) is 6.10 Å². The zero-order chi connectivity index (χ0) is 14.0. The molecule has 100 valence electrons. The van der Waals surface area contributed by atoms with E-state index in [4.69, 9.17) is 0 Å². The summed E-state index contributed by atoms with van der Waals surface area (Å²) in [7, 11) is 0. The minimum absolute atomic E-state index is 0.476. The first kappa shape index (κ1) is 14.3. The lowest BCUT2D eigenvalue weighted by Crippen LogP contribution is -2.03. The molecular weight excluding hydrogens is 300 g/mol. The predicted molar refractivity (Wildman–Crippen MR) is 83.5 cm³/mol. The van der Waals surface area contributed by atoms with E-state index in [1.807, 2.05) is 25.1 Å². The molecule has 0 heterocycles. The molecule has 1 N–H and O–H groups in total. The zero-order valence-electron chi connectivity index (χ0n) is 11.6. The second kappa shape index (κ2) is 5.89. The number of aliphatic hydroxyl groups is 1. The van der Waals surface area contributed by atoms with Gasteiger partial charge in [0, 0.05) is 10.9 Å². The van der Waals surface area contributed by atoms with Gasteiger partial charge in [-0.2, -0.15) is 0 Å². The van der Waals surface area contributed by atoms with Crippen LogP contribution < -0.4 is 0 Å². The summed E-state index contributed by atoms with van der Waals surface area (Å²) in [6, 6.07) is 12.4. The molecule has 0 bridgehead atoms. The van der Waals surface area contributed by atoms with Crippen molar-refractivity contribution in [2.75, 3.05) is 0 Å². The Labute approximate surface area is 123 Å². The minimum Gasteiger partial charge on any atom is -0.388 e. The van der Waals surface area contributed by atoms with Crippen LogP contribution >= 0.6 is 15.9 Å². The first-order valence-corrected chi connectivity index (χ1v) is 7.27. The number of aliphatic hydroxyl groups excluding tert-OH is 1. The molecule has 2 aromatic carbocycles. The normalized spacial score (nSPS) is 12.5. The van der Waals surface area contributed by atoms with Gasteiger partial charge < -0.3 is 5.11 Å². The molecule has 2 rings (SSSR count). The number of aryl methyl sites for hydroxylation is 3. The molecule has 0 aliphatic carbocycles. The van der Waals surface area contributed by atoms with E-state index in [1.165, 1.54) is 16.7 Å². The van der Waals surface area contributed by atoms with Crippen LogP contribution in [-0.2, 0) is 6.42 Å². The fourth-order valence-electron chi connectivity index (χ4n) is 2.18. The lowest BCUT2D eigenvalue weighted by atomic mass is 9.97. The fraction of sp³-hybridized carbons (Fsp3) is 0.294. The van der Waals surface area contributed by atoms with Gasteiger partial charge in [-0.25, -0.2) is 0 Å². The molecule has 0 saturated heterocycles. The summed E-state index contributed by atoms with van der Waals surface area (Å²) < 4.78 is 0.967. The Morgan fingerprint density at radius 1 is 1.00 bits per heavy atom. The summed E-state index contributed by atoms with van der Waals surface area (Å²) in [6.45, 7) is 6.25. The topological polar surface area (TPSA) is 20.2 Å². The third-order valence-electron chi connectivity index (χ3n) is 3.51. The quantitative estimate of drug-likeness (QED) is 0.873. The molecule has 19 heavy (non-hydrogen) atoms. The van der Waals surface area contributed by atoms with Crippen molar-refractivity contribution in [2.45, 2.75) is 33.3 Å². The fourth-order valence-corrected chi connectivity index (χ4v) is 2.69. The SMILES string of the molecule is Cc1ccc(Br)c(C(O)Cc2ccc(C)c(C)c2)c1. The first-order chi connectivity index (χ1) is 8.97. The van der Waals surface area contributed by atoms with E-state index in [0.717, 1.165) is 15.6 Å². The Hall–Kier alpha value is -1.12. The molecule has 0 radical (unpaired) electrons. The van der Waals surface area contributed by atoms with Gasteiger partial charge in [0.15, 0.2) is 0 Å². The Morgan fingerprint density at radius 3 is 2.42 bits per heavy atom. The van der Waals surface area contributed by atoms with Crippen LogP contribution in [0.4, 0.5) is 0 Å². The molecule has 0 aliphatic rings. The van der Waals surface area contributed by atoms with Gasteiger partial charge in [-0.1, -0.05) is 51.8 Å². The Kier molecular flexibility index (Phi) is 4.43. The largest absolute Gasteiger partial charge is 0.388 e. The highest BCUT2D eigenvalue weighted by Gasteiger charge is 2.12. The third-order valence-corrected chi connectivity index (χ3v) is 4.23. The highest BCUT2D eigenvalue weighted by Crippen LogP contribution is 2.27. The number of hydrogen-bond donors (Lipinski definition) is 1. The lowest BCUT2D eigenvalue weighted by Gasteiger charge is -2.14. The van der Waals surface area contributed by atoms with Crippen LogP contribution in [0.3, 0.4) is 0 Å². The van der Waals surface area contributed by atoms with Crippen molar-refractivity contribution in [1.29, 1.82) is 0 Å². The van der Waals surface area contributed by atoms with Crippen molar-refractivity contribution in [3.05, 3.63) is 68.7 Å². The Bertz CT molecular complexity index is 590. The van der Waals surface area contributed by atoms with Crippen LogP contribution in [-0.4, -0.2) is 5.11 Å². The summed E-state index contributed by atoms with van der Waals surface area (Å²) in [5.74, 6) is 0. The van der Waals surface area contributed by atoms with Gasteiger partial charge >= 0.3 is 0 Å². The van der Waals surface area contributed by atoms with Crippen molar-refractivity contribution in [2.24, 2.45) is 0 Å². The molecule has 2 heteroatoms. The van der Waals surface area contributed by atoms with Crippen LogP contribution in [0.5, 0.6) is 0 Å². The van der Waals surface area contributed by atoms with E-state index in [1.54, 1.807) is 0 Å². The smallest absolute Gasteiger partial charge is 0.0841 e. The average molecular weight is 319 g/mol. The van der Waals surface area contributed by atoms with E-state index in [0.29, 0.717) is 6.42 Å².